The standard InChI is InChI=1S/C37H35N6O5P/c38-33(39)26-16-20-28(21-17-26)35(44)42-32(24-25-10-4-1-5-11-25)36(45)43-37(29-22-18-27(19-23-29)34(40)41)49(46,47-30-12-6-2-7-13-30)48-31-14-8-3-9-15-31/h1-23,32,37H,24H2,(H3,38,39)(H3,40,41)(H,42,44)(H,43,45)/t32-,37+/m1/s1. The molecule has 2 amide bonds. The molecule has 12 heteroatoms. The third kappa shape index (κ3) is 9.00. The summed E-state index contributed by atoms with van der Waals surface area (Å²) in [5.74, 6) is -2.42. The Morgan fingerprint density at radius 2 is 1.04 bits per heavy atom. The second-order valence-electron chi connectivity index (χ2n) is 11.0. The molecule has 0 aliphatic heterocycles. The lowest BCUT2D eigenvalue weighted by Gasteiger charge is -2.30. The summed E-state index contributed by atoms with van der Waals surface area (Å²) in [5, 5.41) is 21.1. The summed E-state index contributed by atoms with van der Waals surface area (Å²) in [6.07, 6.45) is 0.101. The molecule has 5 aromatic carbocycles. The fourth-order valence-electron chi connectivity index (χ4n) is 4.91. The second-order valence-corrected chi connectivity index (χ2v) is 13.0. The largest absolute Gasteiger partial charge is 0.457 e. The van der Waals surface area contributed by atoms with Gasteiger partial charge in [-0.1, -0.05) is 103 Å². The molecule has 0 saturated carbocycles. The van der Waals surface area contributed by atoms with Gasteiger partial charge >= 0.3 is 7.60 Å². The molecule has 0 aromatic heterocycles. The number of rotatable bonds is 14. The molecule has 11 nitrogen and oxygen atoms in total. The number of carbonyl (C=O) groups is 2. The Morgan fingerprint density at radius 1 is 0.612 bits per heavy atom. The number of carbonyl (C=O) groups excluding carboxylic acids is 2. The molecule has 0 aliphatic carbocycles. The van der Waals surface area contributed by atoms with Gasteiger partial charge in [0, 0.05) is 23.1 Å². The molecule has 0 saturated heterocycles. The minimum atomic E-state index is -4.38. The number of amidine groups is 2. The van der Waals surface area contributed by atoms with Gasteiger partial charge in [-0.15, -0.1) is 0 Å². The van der Waals surface area contributed by atoms with Crippen LogP contribution in [-0.4, -0.2) is 29.5 Å². The van der Waals surface area contributed by atoms with Gasteiger partial charge in [-0.3, -0.25) is 20.4 Å². The number of hydrogen-bond donors (Lipinski definition) is 6. The van der Waals surface area contributed by atoms with Crippen molar-refractivity contribution in [2.75, 3.05) is 0 Å². The number of benzene rings is 5. The van der Waals surface area contributed by atoms with Gasteiger partial charge in [0.2, 0.25) is 5.91 Å². The van der Waals surface area contributed by atoms with Crippen LogP contribution >= 0.6 is 7.60 Å². The Hall–Kier alpha value is -6.19. The van der Waals surface area contributed by atoms with Gasteiger partial charge in [0.05, 0.1) is 0 Å². The second kappa shape index (κ2) is 15.6. The van der Waals surface area contributed by atoms with Crippen molar-refractivity contribution in [3.05, 3.63) is 167 Å². The number of hydrogen-bond acceptors (Lipinski definition) is 7. The molecular formula is C37H35N6O5P. The van der Waals surface area contributed by atoms with Crippen molar-refractivity contribution >= 4 is 31.1 Å². The summed E-state index contributed by atoms with van der Waals surface area (Å²) in [6.45, 7) is 0. The summed E-state index contributed by atoms with van der Waals surface area (Å²) in [7, 11) is -4.38. The van der Waals surface area contributed by atoms with Gasteiger partial charge < -0.3 is 31.1 Å². The summed E-state index contributed by atoms with van der Waals surface area (Å²) >= 11 is 0. The van der Waals surface area contributed by atoms with Gasteiger partial charge in [0.15, 0.2) is 5.78 Å². The van der Waals surface area contributed by atoms with Crippen LogP contribution in [0.3, 0.4) is 0 Å². The lowest BCUT2D eigenvalue weighted by atomic mass is 10.0. The summed E-state index contributed by atoms with van der Waals surface area (Å²) in [4.78, 5) is 27.8. The molecule has 5 aromatic rings. The Kier molecular flexibility index (Phi) is 10.9. The Bertz CT molecular complexity index is 1910. The normalized spacial score (nSPS) is 12.2. The molecular weight excluding hydrogens is 639 g/mol. The Morgan fingerprint density at radius 3 is 1.51 bits per heavy atom. The van der Waals surface area contributed by atoms with Crippen LogP contribution in [0.5, 0.6) is 11.5 Å². The first-order valence-electron chi connectivity index (χ1n) is 15.2. The molecule has 2 atom stereocenters. The topological polar surface area (TPSA) is 193 Å². The van der Waals surface area contributed by atoms with Crippen LogP contribution < -0.4 is 31.1 Å². The highest BCUT2D eigenvalue weighted by atomic mass is 31.2. The molecule has 8 N–H and O–H groups in total. The average Bonchev–Trinajstić information content (AvgIpc) is 3.11. The molecule has 0 fully saturated rings. The fourth-order valence-corrected chi connectivity index (χ4v) is 6.81. The van der Waals surface area contributed by atoms with Crippen LogP contribution in [0.15, 0.2) is 140 Å². The summed E-state index contributed by atoms with van der Waals surface area (Å²) < 4.78 is 27.3. The molecule has 49 heavy (non-hydrogen) atoms. The van der Waals surface area contributed by atoms with Crippen molar-refractivity contribution < 1.29 is 23.2 Å². The zero-order valence-corrected chi connectivity index (χ0v) is 27.2. The summed E-state index contributed by atoms with van der Waals surface area (Å²) in [6, 6.07) is 37.3. The van der Waals surface area contributed by atoms with Gasteiger partial charge in [-0.2, -0.15) is 0 Å². The third-order valence-electron chi connectivity index (χ3n) is 7.45. The Balaban J connectivity index is 1.54. The highest BCUT2D eigenvalue weighted by molar-refractivity contribution is 7.55. The molecule has 0 aliphatic rings. The van der Waals surface area contributed by atoms with Crippen molar-refractivity contribution in [1.82, 2.24) is 10.6 Å². The molecule has 248 valence electrons. The number of para-hydroxylation sites is 2. The predicted molar refractivity (Wildman–Crippen MR) is 189 cm³/mol. The van der Waals surface area contributed by atoms with Crippen molar-refractivity contribution in [3.8, 4) is 11.5 Å². The van der Waals surface area contributed by atoms with E-state index in [0.717, 1.165) is 5.56 Å². The minimum absolute atomic E-state index is 0.101. The monoisotopic (exact) mass is 674 g/mol. The number of nitrogens with two attached hydrogens (primary N) is 2. The quantitative estimate of drug-likeness (QED) is 0.0489. The highest BCUT2D eigenvalue weighted by Crippen LogP contribution is 2.59. The van der Waals surface area contributed by atoms with Crippen LogP contribution in [-0.2, 0) is 15.8 Å². The molecule has 0 unspecified atom stereocenters. The first kappa shape index (κ1) is 34.2. The average molecular weight is 675 g/mol. The van der Waals surface area contributed by atoms with Crippen molar-refractivity contribution in [1.29, 1.82) is 10.8 Å². The molecule has 0 spiro atoms. The van der Waals surface area contributed by atoms with Crippen LogP contribution in [0.2, 0.25) is 0 Å². The van der Waals surface area contributed by atoms with E-state index in [1.165, 1.54) is 12.1 Å². The number of nitrogens with one attached hydrogen (secondary N) is 4. The van der Waals surface area contributed by atoms with E-state index in [1.807, 2.05) is 30.3 Å². The first-order chi connectivity index (χ1) is 23.6. The smallest absolute Gasteiger partial charge is 0.414 e. The van der Waals surface area contributed by atoms with E-state index in [4.69, 9.17) is 31.3 Å². The maximum absolute atomic E-state index is 15.1. The maximum atomic E-state index is 15.1. The lowest BCUT2D eigenvalue weighted by Crippen LogP contribution is -2.49. The van der Waals surface area contributed by atoms with Gasteiger partial charge in [0.25, 0.3) is 5.91 Å². The SMILES string of the molecule is N=C(N)c1ccc(C(=O)N[C@H](Cc2ccccc2)C(=O)N[C@H](c2ccc(C(=N)N)cc2)P(=O)(Oc2ccccc2)Oc2ccccc2)cc1. The number of amides is 2. The first-order valence-corrected chi connectivity index (χ1v) is 16.9. The highest BCUT2D eigenvalue weighted by Gasteiger charge is 2.43. The maximum Gasteiger partial charge on any atom is 0.457 e. The third-order valence-corrected chi connectivity index (χ3v) is 9.44. The fraction of sp³-hybridized carbons (Fsp3) is 0.0811. The zero-order valence-electron chi connectivity index (χ0n) is 26.3. The van der Waals surface area contributed by atoms with E-state index in [2.05, 4.69) is 10.6 Å². The van der Waals surface area contributed by atoms with E-state index >= 15 is 4.57 Å². The molecule has 0 radical (unpaired) electrons. The lowest BCUT2D eigenvalue weighted by molar-refractivity contribution is -0.123. The van der Waals surface area contributed by atoms with Crippen molar-refractivity contribution in [2.24, 2.45) is 11.5 Å². The van der Waals surface area contributed by atoms with Crippen molar-refractivity contribution in [3.63, 3.8) is 0 Å². The Labute approximate surface area is 283 Å². The molecule has 0 heterocycles. The predicted octanol–water partition coefficient (Wildman–Crippen LogP) is 5.76. The number of nitrogen functional groups attached to an aromatic ring is 2. The minimum Gasteiger partial charge on any atom is -0.414 e. The van der Waals surface area contributed by atoms with Crippen LogP contribution in [0, 0.1) is 10.8 Å². The van der Waals surface area contributed by atoms with Gasteiger partial charge in [-0.25, -0.2) is 4.57 Å². The molecule has 5 rings (SSSR count). The summed E-state index contributed by atoms with van der Waals surface area (Å²) in [5.41, 5.74) is 13.5. The van der Waals surface area contributed by atoms with E-state index in [0.29, 0.717) is 16.7 Å². The van der Waals surface area contributed by atoms with Gasteiger partial charge in [-0.05, 0) is 47.5 Å². The van der Waals surface area contributed by atoms with Crippen LogP contribution in [0.25, 0.3) is 0 Å². The van der Waals surface area contributed by atoms with E-state index in [1.54, 1.807) is 97.1 Å². The van der Waals surface area contributed by atoms with Crippen LogP contribution in [0.1, 0.15) is 38.4 Å². The van der Waals surface area contributed by atoms with E-state index in [-0.39, 0.29) is 35.2 Å². The van der Waals surface area contributed by atoms with E-state index < -0.39 is 31.2 Å². The van der Waals surface area contributed by atoms with Crippen LogP contribution in [0.4, 0.5) is 0 Å². The van der Waals surface area contributed by atoms with E-state index in [9.17, 15) is 9.59 Å². The van der Waals surface area contributed by atoms with Crippen molar-refractivity contribution in [2.45, 2.75) is 18.2 Å². The molecule has 0 bridgehead atoms. The van der Waals surface area contributed by atoms with Gasteiger partial charge in [0.1, 0.15) is 29.2 Å². The zero-order chi connectivity index (χ0) is 34.8.